The third kappa shape index (κ3) is 2.83. The van der Waals surface area contributed by atoms with Gasteiger partial charge < -0.3 is 9.84 Å². The van der Waals surface area contributed by atoms with E-state index in [1.54, 1.807) is 12.3 Å². The van der Waals surface area contributed by atoms with Crippen molar-refractivity contribution >= 4 is 0 Å². The molecule has 1 heterocycles. The molecular weight excluding hydrogens is 142 g/mol. The molecule has 0 aliphatic carbocycles. The lowest BCUT2D eigenvalue weighted by Crippen LogP contribution is -2.13. The van der Waals surface area contributed by atoms with E-state index in [2.05, 4.69) is 10.5 Å². The molecule has 0 radical (unpaired) electrons. The molecule has 1 aromatic heterocycles. The van der Waals surface area contributed by atoms with Crippen LogP contribution in [0, 0.1) is 11.3 Å². The van der Waals surface area contributed by atoms with Gasteiger partial charge in [0.05, 0.1) is 18.8 Å². The van der Waals surface area contributed by atoms with E-state index in [9.17, 15) is 0 Å². The van der Waals surface area contributed by atoms with Gasteiger partial charge in [-0.15, -0.1) is 0 Å². The number of hydrogen-bond acceptors (Lipinski definition) is 4. The number of nitrogens with zero attached hydrogens (tertiary/aromatic N) is 2. The van der Waals surface area contributed by atoms with Crippen LogP contribution in [-0.4, -0.2) is 11.7 Å². The van der Waals surface area contributed by atoms with Crippen molar-refractivity contribution in [3.63, 3.8) is 0 Å². The highest BCUT2D eigenvalue weighted by atomic mass is 16.5. The van der Waals surface area contributed by atoms with E-state index in [1.807, 2.05) is 6.07 Å². The topological polar surface area (TPSA) is 61.9 Å². The third-order valence-corrected chi connectivity index (χ3v) is 1.20. The highest BCUT2D eigenvalue weighted by Crippen LogP contribution is 1.94. The predicted octanol–water partition coefficient (Wildman–Crippen LogP) is 0.678. The summed E-state index contributed by atoms with van der Waals surface area (Å²) in [6.07, 6.45) is 2.12. The minimum atomic E-state index is 0.522. The first-order valence-corrected chi connectivity index (χ1v) is 3.40. The van der Waals surface area contributed by atoms with Crippen LogP contribution in [0.15, 0.2) is 16.8 Å². The zero-order valence-corrected chi connectivity index (χ0v) is 6.08. The normalized spacial score (nSPS) is 9.36. The standard InChI is InChI=1S/C7H9N3O/c8-3-1-4-9-6-7-2-5-10-11-7/h2,5,9H,1,4,6H2. The van der Waals surface area contributed by atoms with Crippen LogP contribution in [-0.2, 0) is 6.54 Å². The van der Waals surface area contributed by atoms with Gasteiger partial charge in [-0.1, -0.05) is 5.16 Å². The lowest BCUT2D eigenvalue weighted by atomic mass is 10.4. The highest BCUT2D eigenvalue weighted by molar-refractivity contribution is 4.91. The molecule has 58 valence electrons. The average molecular weight is 151 g/mol. The quantitative estimate of drug-likeness (QED) is 0.643. The number of aromatic nitrogens is 1. The Hall–Kier alpha value is -1.34. The summed E-state index contributed by atoms with van der Waals surface area (Å²) in [4.78, 5) is 0. The molecule has 0 aromatic carbocycles. The number of hydrogen-bond donors (Lipinski definition) is 1. The third-order valence-electron chi connectivity index (χ3n) is 1.20. The fourth-order valence-corrected chi connectivity index (χ4v) is 0.689. The minimum Gasteiger partial charge on any atom is -0.360 e. The Kier molecular flexibility index (Phi) is 3.16. The summed E-state index contributed by atoms with van der Waals surface area (Å²) < 4.78 is 4.82. The summed E-state index contributed by atoms with van der Waals surface area (Å²) in [5.74, 6) is 0.794. The Balaban J connectivity index is 2.10. The van der Waals surface area contributed by atoms with E-state index < -0.39 is 0 Å². The van der Waals surface area contributed by atoms with Crippen molar-refractivity contribution in [2.45, 2.75) is 13.0 Å². The van der Waals surface area contributed by atoms with Crippen LogP contribution in [0.2, 0.25) is 0 Å². The molecular formula is C7H9N3O. The fourth-order valence-electron chi connectivity index (χ4n) is 0.689. The summed E-state index contributed by atoms with van der Waals surface area (Å²) in [6, 6.07) is 3.83. The summed E-state index contributed by atoms with van der Waals surface area (Å²) >= 11 is 0. The van der Waals surface area contributed by atoms with Crippen molar-refractivity contribution < 1.29 is 4.52 Å². The van der Waals surface area contributed by atoms with Gasteiger partial charge in [-0.25, -0.2) is 0 Å². The maximum Gasteiger partial charge on any atom is 0.150 e. The van der Waals surface area contributed by atoms with Gasteiger partial charge in [-0.05, 0) is 0 Å². The molecule has 1 aromatic rings. The maximum absolute atomic E-state index is 8.20. The van der Waals surface area contributed by atoms with Gasteiger partial charge in [0, 0.05) is 19.0 Å². The Morgan fingerprint density at radius 3 is 3.27 bits per heavy atom. The maximum atomic E-state index is 8.20. The molecule has 0 bridgehead atoms. The molecule has 0 spiro atoms. The van der Waals surface area contributed by atoms with Gasteiger partial charge >= 0.3 is 0 Å². The second kappa shape index (κ2) is 4.47. The number of nitriles is 1. The molecule has 0 aliphatic rings. The average Bonchev–Trinajstić information content (AvgIpc) is 2.50. The molecule has 0 amide bonds. The first-order chi connectivity index (χ1) is 5.43. The summed E-state index contributed by atoms with van der Waals surface area (Å²) in [6.45, 7) is 1.33. The van der Waals surface area contributed by atoms with Crippen molar-refractivity contribution in [1.82, 2.24) is 10.5 Å². The van der Waals surface area contributed by atoms with Crippen molar-refractivity contribution in [3.8, 4) is 6.07 Å². The Morgan fingerprint density at radius 1 is 1.73 bits per heavy atom. The highest BCUT2D eigenvalue weighted by Gasteiger charge is 1.93. The van der Waals surface area contributed by atoms with Gasteiger partial charge in [0.25, 0.3) is 0 Å². The molecule has 0 saturated heterocycles. The molecule has 1 N–H and O–H groups in total. The van der Waals surface area contributed by atoms with E-state index in [0.29, 0.717) is 19.5 Å². The van der Waals surface area contributed by atoms with Crippen LogP contribution in [0.5, 0.6) is 0 Å². The second-order valence-electron chi connectivity index (χ2n) is 2.06. The molecule has 1 rings (SSSR count). The SMILES string of the molecule is N#CCCNCc1ccno1. The number of rotatable bonds is 4. The van der Waals surface area contributed by atoms with E-state index >= 15 is 0 Å². The van der Waals surface area contributed by atoms with Crippen molar-refractivity contribution in [2.24, 2.45) is 0 Å². The minimum absolute atomic E-state index is 0.522. The largest absolute Gasteiger partial charge is 0.360 e. The zero-order chi connectivity index (χ0) is 7.94. The first-order valence-electron chi connectivity index (χ1n) is 3.40. The van der Waals surface area contributed by atoms with Crippen LogP contribution >= 0.6 is 0 Å². The number of nitrogens with one attached hydrogen (secondary N) is 1. The van der Waals surface area contributed by atoms with Crippen molar-refractivity contribution in [3.05, 3.63) is 18.0 Å². The molecule has 0 fully saturated rings. The van der Waals surface area contributed by atoms with Crippen LogP contribution in [0.4, 0.5) is 0 Å². The molecule has 4 heteroatoms. The first kappa shape index (κ1) is 7.76. The van der Waals surface area contributed by atoms with Gasteiger partial charge in [0.15, 0.2) is 0 Å². The lowest BCUT2D eigenvalue weighted by molar-refractivity contribution is 0.373. The van der Waals surface area contributed by atoms with Gasteiger partial charge in [0.1, 0.15) is 5.76 Å². The zero-order valence-electron chi connectivity index (χ0n) is 6.08. The van der Waals surface area contributed by atoms with E-state index in [1.165, 1.54) is 0 Å². The monoisotopic (exact) mass is 151 g/mol. The summed E-state index contributed by atoms with van der Waals surface area (Å²) in [5.41, 5.74) is 0. The molecule has 0 aliphatic heterocycles. The van der Waals surface area contributed by atoms with E-state index in [0.717, 1.165) is 5.76 Å². The van der Waals surface area contributed by atoms with Gasteiger partial charge in [0.2, 0.25) is 0 Å². The summed E-state index contributed by atoms with van der Waals surface area (Å²) in [5, 5.41) is 14.8. The Labute approximate surface area is 64.8 Å². The van der Waals surface area contributed by atoms with Crippen molar-refractivity contribution in [1.29, 1.82) is 5.26 Å². The smallest absolute Gasteiger partial charge is 0.150 e. The van der Waals surface area contributed by atoms with Crippen molar-refractivity contribution in [2.75, 3.05) is 6.54 Å². The molecule has 0 saturated carbocycles. The van der Waals surface area contributed by atoms with Crippen LogP contribution < -0.4 is 5.32 Å². The predicted molar refractivity (Wildman–Crippen MR) is 38.4 cm³/mol. The van der Waals surface area contributed by atoms with Crippen LogP contribution in [0.1, 0.15) is 12.2 Å². The summed E-state index contributed by atoms with van der Waals surface area (Å²) in [7, 11) is 0. The Morgan fingerprint density at radius 2 is 2.64 bits per heavy atom. The Bertz CT molecular complexity index is 224. The molecule has 0 atom stereocenters. The van der Waals surface area contributed by atoms with E-state index in [-0.39, 0.29) is 0 Å². The molecule has 11 heavy (non-hydrogen) atoms. The van der Waals surface area contributed by atoms with Gasteiger partial charge in [-0.3, -0.25) is 0 Å². The second-order valence-corrected chi connectivity index (χ2v) is 2.06. The molecule has 0 unspecified atom stereocenters. The lowest BCUT2D eigenvalue weighted by Gasteiger charge is -1.95. The van der Waals surface area contributed by atoms with Crippen LogP contribution in [0.25, 0.3) is 0 Å². The van der Waals surface area contributed by atoms with Crippen LogP contribution in [0.3, 0.4) is 0 Å². The van der Waals surface area contributed by atoms with Gasteiger partial charge in [-0.2, -0.15) is 5.26 Å². The van der Waals surface area contributed by atoms with E-state index in [4.69, 9.17) is 9.78 Å². The molecule has 4 nitrogen and oxygen atoms in total. The fraction of sp³-hybridized carbons (Fsp3) is 0.429.